The number of hydrogen-bond acceptors (Lipinski definition) is 3. The second-order valence-corrected chi connectivity index (χ2v) is 5.53. The molecular weight excluding hydrogens is 309 g/mol. The van der Waals surface area contributed by atoms with E-state index in [2.05, 4.69) is 4.98 Å². The Bertz CT molecular complexity index is 987. The summed E-state index contributed by atoms with van der Waals surface area (Å²) < 4.78 is 7.23. The van der Waals surface area contributed by atoms with Crippen LogP contribution in [-0.2, 0) is 0 Å². The molecule has 0 unspecified atom stereocenters. The maximum atomic E-state index is 6.20. The smallest absolute Gasteiger partial charge is 0.158 e. The Hall–Kier alpha value is -2.17. The predicted molar refractivity (Wildman–Crippen MR) is 84.8 cm³/mol. The predicted octanol–water partition coefficient (Wildman–Crippen LogP) is 4.64. The first kappa shape index (κ1) is 12.6. The number of hydrogen-bond donors (Lipinski definition) is 1. The molecule has 0 bridgehead atoms. The van der Waals surface area contributed by atoms with Crippen molar-refractivity contribution in [3.05, 3.63) is 52.8 Å². The third-order valence-corrected chi connectivity index (χ3v) is 3.90. The first-order chi connectivity index (χ1) is 10.1. The Morgan fingerprint density at radius 3 is 2.86 bits per heavy atom. The van der Waals surface area contributed by atoms with E-state index in [1.807, 2.05) is 24.3 Å². The molecule has 0 aliphatic heterocycles. The first-order valence-electron chi connectivity index (χ1n) is 6.24. The monoisotopic (exact) mass is 317 g/mol. The van der Waals surface area contributed by atoms with Gasteiger partial charge in [0.25, 0.3) is 0 Å². The molecule has 4 nitrogen and oxygen atoms in total. The number of para-hydroxylation sites is 1. The molecular formula is C15H9Cl2N3O. The summed E-state index contributed by atoms with van der Waals surface area (Å²) in [5.41, 5.74) is 9.02. The lowest BCUT2D eigenvalue weighted by Gasteiger charge is -1.99. The molecule has 21 heavy (non-hydrogen) atoms. The van der Waals surface area contributed by atoms with Crippen LogP contribution >= 0.6 is 23.2 Å². The molecule has 4 rings (SSSR count). The minimum Gasteiger partial charge on any atom is -0.464 e. The van der Waals surface area contributed by atoms with Crippen molar-refractivity contribution in [2.45, 2.75) is 0 Å². The van der Waals surface area contributed by atoms with Gasteiger partial charge < -0.3 is 10.2 Å². The van der Waals surface area contributed by atoms with Gasteiger partial charge in [-0.3, -0.25) is 4.40 Å². The number of aromatic nitrogens is 2. The van der Waals surface area contributed by atoms with Crippen molar-refractivity contribution in [3.8, 4) is 11.3 Å². The van der Waals surface area contributed by atoms with Crippen molar-refractivity contribution in [3.63, 3.8) is 0 Å². The zero-order chi connectivity index (χ0) is 14.6. The second-order valence-electron chi connectivity index (χ2n) is 4.69. The van der Waals surface area contributed by atoms with E-state index in [-0.39, 0.29) is 0 Å². The Morgan fingerprint density at radius 2 is 2.00 bits per heavy atom. The highest BCUT2D eigenvalue weighted by Gasteiger charge is 2.17. The Labute approximate surface area is 129 Å². The molecule has 3 aromatic heterocycles. The lowest BCUT2D eigenvalue weighted by Crippen LogP contribution is -1.94. The van der Waals surface area contributed by atoms with Gasteiger partial charge in [-0.15, -0.1) is 0 Å². The van der Waals surface area contributed by atoms with E-state index in [9.17, 15) is 0 Å². The number of anilines is 1. The quantitative estimate of drug-likeness (QED) is 0.556. The molecule has 0 saturated heterocycles. The number of rotatable bonds is 1. The lowest BCUT2D eigenvalue weighted by molar-refractivity contribution is 0.617. The fourth-order valence-corrected chi connectivity index (χ4v) is 2.96. The van der Waals surface area contributed by atoms with Gasteiger partial charge in [0, 0.05) is 11.6 Å². The number of nitrogen functional groups attached to an aromatic ring is 1. The van der Waals surface area contributed by atoms with Crippen LogP contribution in [-0.4, -0.2) is 9.38 Å². The molecule has 0 saturated carbocycles. The van der Waals surface area contributed by atoms with Crippen molar-refractivity contribution < 1.29 is 4.42 Å². The van der Waals surface area contributed by atoms with Crippen molar-refractivity contribution >= 4 is 45.6 Å². The van der Waals surface area contributed by atoms with E-state index in [0.29, 0.717) is 27.2 Å². The minimum absolute atomic E-state index is 0.452. The van der Waals surface area contributed by atoms with Gasteiger partial charge in [0.2, 0.25) is 0 Å². The molecule has 0 spiro atoms. The summed E-state index contributed by atoms with van der Waals surface area (Å²) in [5.74, 6) is 0.473. The van der Waals surface area contributed by atoms with Crippen LogP contribution in [0.1, 0.15) is 0 Å². The molecule has 2 N–H and O–H groups in total. The second kappa shape index (κ2) is 4.41. The van der Waals surface area contributed by atoms with Gasteiger partial charge in [0.05, 0.1) is 15.6 Å². The highest BCUT2D eigenvalue weighted by atomic mass is 35.5. The molecule has 0 amide bonds. The summed E-state index contributed by atoms with van der Waals surface area (Å²) in [6.07, 6.45) is 3.34. The van der Waals surface area contributed by atoms with Crippen molar-refractivity contribution in [1.82, 2.24) is 9.38 Å². The topological polar surface area (TPSA) is 56.5 Å². The van der Waals surface area contributed by atoms with E-state index in [4.69, 9.17) is 33.4 Å². The summed E-state index contributed by atoms with van der Waals surface area (Å²) in [7, 11) is 0. The average Bonchev–Trinajstić information content (AvgIpc) is 3.01. The molecule has 0 radical (unpaired) electrons. The molecule has 0 aliphatic rings. The fourth-order valence-electron chi connectivity index (χ4n) is 2.45. The molecule has 3 heterocycles. The first-order valence-corrected chi connectivity index (χ1v) is 7.00. The number of halogens is 2. The summed E-state index contributed by atoms with van der Waals surface area (Å²) in [4.78, 5) is 4.53. The Balaban J connectivity index is 2.07. The number of nitrogens with two attached hydrogens (primary N) is 1. The van der Waals surface area contributed by atoms with Gasteiger partial charge in [0.1, 0.15) is 23.4 Å². The van der Waals surface area contributed by atoms with Crippen LogP contribution in [0.5, 0.6) is 0 Å². The van der Waals surface area contributed by atoms with Crippen LogP contribution in [0.25, 0.3) is 27.9 Å². The maximum Gasteiger partial charge on any atom is 0.158 e. The number of imidazole rings is 1. The summed E-state index contributed by atoms with van der Waals surface area (Å²) in [6.45, 7) is 0. The molecule has 4 aromatic rings. The molecule has 6 heteroatoms. The molecule has 0 atom stereocenters. The average molecular weight is 318 g/mol. The highest BCUT2D eigenvalue weighted by molar-refractivity contribution is 6.36. The van der Waals surface area contributed by atoms with E-state index in [0.717, 1.165) is 16.5 Å². The fraction of sp³-hybridized carbons (Fsp3) is 0. The van der Waals surface area contributed by atoms with Crippen molar-refractivity contribution in [2.24, 2.45) is 0 Å². The molecule has 0 fully saturated rings. The van der Waals surface area contributed by atoms with Crippen LogP contribution in [0.4, 0.5) is 5.82 Å². The van der Waals surface area contributed by atoms with Gasteiger partial charge in [-0.2, -0.15) is 0 Å². The lowest BCUT2D eigenvalue weighted by atomic mass is 10.1. The molecule has 1 aromatic carbocycles. The van der Waals surface area contributed by atoms with E-state index < -0.39 is 0 Å². The summed E-state index contributed by atoms with van der Waals surface area (Å²) >= 11 is 12.2. The standard InChI is InChI=1S/C15H9Cl2N3O/c16-8-5-11(17)15-19-13(14(18)20(15)6-8)10-7-21-12-4-2-1-3-9(10)12/h1-7H,18H2. The van der Waals surface area contributed by atoms with E-state index >= 15 is 0 Å². The highest BCUT2D eigenvalue weighted by Crippen LogP contribution is 2.35. The van der Waals surface area contributed by atoms with E-state index in [1.54, 1.807) is 22.9 Å². The summed E-state index contributed by atoms with van der Waals surface area (Å²) in [5, 5.41) is 1.91. The third kappa shape index (κ3) is 1.80. The number of pyridine rings is 1. The van der Waals surface area contributed by atoms with Gasteiger partial charge in [-0.05, 0) is 12.1 Å². The van der Waals surface area contributed by atoms with Crippen LogP contribution < -0.4 is 5.73 Å². The van der Waals surface area contributed by atoms with Crippen LogP contribution in [0, 0.1) is 0 Å². The van der Waals surface area contributed by atoms with Crippen molar-refractivity contribution in [2.75, 3.05) is 5.73 Å². The zero-order valence-corrected chi connectivity index (χ0v) is 12.2. The Kier molecular flexibility index (Phi) is 2.64. The normalized spacial score (nSPS) is 11.5. The zero-order valence-electron chi connectivity index (χ0n) is 10.7. The van der Waals surface area contributed by atoms with Gasteiger partial charge in [-0.1, -0.05) is 41.4 Å². The summed E-state index contributed by atoms with van der Waals surface area (Å²) in [6, 6.07) is 9.36. The van der Waals surface area contributed by atoms with Gasteiger partial charge in [0.15, 0.2) is 5.65 Å². The SMILES string of the molecule is Nc1c(-c2coc3ccccc23)nc2c(Cl)cc(Cl)cn12. The molecule has 0 aliphatic carbocycles. The molecule has 104 valence electrons. The Morgan fingerprint density at radius 1 is 1.19 bits per heavy atom. The number of benzene rings is 1. The van der Waals surface area contributed by atoms with Crippen LogP contribution in [0.2, 0.25) is 10.0 Å². The van der Waals surface area contributed by atoms with Crippen LogP contribution in [0.3, 0.4) is 0 Å². The maximum absolute atomic E-state index is 6.20. The van der Waals surface area contributed by atoms with E-state index in [1.165, 1.54) is 0 Å². The van der Waals surface area contributed by atoms with Gasteiger partial charge in [-0.25, -0.2) is 4.98 Å². The minimum atomic E-state index is 0.452. The number of nitrogens with zero attached hydrogens (tertiary/aromatic N) is 2. The number of furan rings is 1. The largest absolute Gasteiger partial charge is 0.464 e. The number of fused-ring (bicyclic) bond motifs is 2. The van der Waals surface area contributed by atoms with Gasteiger partial charge >= 0.3 is 0 Å². The third-order valence-electron chi connectivity index (χ3n) is 3.41. The van der Waals surface area contributed by atoms with Crippen LogP contribution in [0.15, 0.2) is 47.2 Å². The van der Waals surface area contributed by atoms with Crippen molar-refractivity contribution in [1.29, 1.82) is 0 Å².